The number of likely N-dealkylation sites (tertiary alicyclic amines) is 1. The van der Waals surface area contributed by atoms with Gasteiger partial charge in [-0.05, 0) is 19.8 Å². The van der Waals surface area contributed by atoms with Gasteiger partial charge in [0.25, 0.3) is 6.47 Å². The number of nitrogen functional groups attached to an aromatic ring is 1. The number of nitrogens with two attached hydrogens (primary N) is 1. The Bertz CT molecular complexity index is 543. The molecule has 0 aliphatic carbocycles. The highest BCUT2D eigenvalue weighted by Gasteiger charge is 2.48. The van der Waals surface area contributed by atoms with E-state index in [-0.39, 0.29) is 18.7 Å². The number of nitrogens with zero attached hydrogens (tertiary/aromatic N) is 2. The molecule has 1 aromatic rings. The number of carboxylic acid groups (broad SMARTS) is 1. The van der Waals surface area contributed by atoms with E-state index >= 15 is 0 Å². The molecule has 0 amide bonds. The van der Waals surface area contributed by atoms with Gasteiger partial charge in [0, 0.05) is 37.1 Å². The Kier molecular flexibility index (Phi) is 6.16. The summed E-state index contributed by atoms with van der Waals surface area (Å²) in [6, 6.07) is 0. The van der Waals surface area contributed by atoms with Crippen LogP contribution in [0.15, 0.2) is 6.20 Å². The molecular weight excluding hydrogens is 334 g/mol. The number of thiazole rings is 1. The lowest BCUT2D eigenvalue weighted by Crippen LogP contribution is -2.59. The van der Waals surface area contributed by atoms with Crippen molar-refractivity contribution in [1.82, 2.24) is 9.88 Å². The van der Waals surface area contributed by atoms with Crippen LogP contribution in [0.4, 0.5) is 5.13 Å². The third-order valence-corrected chi connectivity index (χ3v) is 5.47. The van der Waals surface area contributed by atoms with E-state index in [1.165, 1.54) is 16.2 Å². The second-order valence-electron chi connectivity index (χ2n) is 6.59. The Labute approximate surface area is 144 Å². The molecule has 1 aromatic heterocycles. The Hall–Kier alpha value is -1.26. The lowest BCUT2D eigenvalue weighted by molar-refractivity contribution is -0.223. The number of hydrogen-bond acceptors (Lipinski definition) is 8. The van der Waals surface area contributed by atoms with Crippen molar-refractivity contribution in [3.05, 3.63) is 11.1 Å². The van der Waals surface area contributed by atoms with E-state index in [0.29, 0.717) is 11.6 Å². The lowest BCUT2D eigenvalue weighted by atomic mass is 9.76. The number of carbonyl (C=O) groups is 1. The van der Waals surface area contributed by atoms with Crippen molar-refractivity contribution < 1.29 is 24.9 Å². The molecule has 9 heteroatoms. The Morgan fingerprint density at radius 3 is 2.67 bits per heavy atom. The van der Waals surface area contributed by atoms with Crippen LogP contribution in [-0.4, -0.2) is 68.7 Å². The first-order chi connectivity index (χ1) is 11.3. The van der Waals surface area contributed by atoms with Gasteiger partial charge in [0.1, 0.15) is 6.10 Å². The normalized spacial score (nSPS) is 29.7. The number of piperidine rings is 1. The van der Waals surface area contributed by atoms with Crippen molar-refractivity contribution in [3.63, 3.8) is 0 Å². The maximum Gasteiger partial charge on any atom is 0.290 e. The highest BCUT2D eigenvalue weighted by molar-refractivity contribution is 7.15. The predicted molar refractivity (Wildman–Crippen MR) is 89.7 cm³/mol. The van der Waals surface area contributed by atoms with E-state index in [1.807, 2.05) is 6.20 Å². The van der Waals surface area contributed by atoms with Crippen molar-refractivity contribution in [2.45, 2.75) is 50.0 Å². The molecule has 2 fully saturated rings. The van der Waals surface area contributed by atoms with E-state index in [9.17, 15) is 10.2 Å². The van der Waals surface area contributed by atoms with E-state index in [0.717, 1.165) is 32.5 Å². The minimum atomic E-state index is -1.05. The standard InChI is InChI=1S/C14H23N3O3S.CH2O2/c1-13(19)9-14(20-8-11(13)18)2-4-17(5-3-14)7-10-6-16-12(15)21-10;2-1-3/h6,11,18-19H,2-5,7-9H2,1H3,(H2,15,16);1H,(H,2,3)/t11-,13-;/m0./s1. The van der Waals surface area contributed by atoms with E-state index in [4.69, 9.17) is 20.4 Å². The summed E-state index contributed by atoms with van der Waals surface area (Å²) >= 11 is 1.53. The van der Waals surface area contributed by atoms with Gasteiger partial charge in [-0.1, -0.05) is 0 Å². The van der Waals surface area contributed by atoms with E-state index in [1.54, 1.807) is 6.92 Å². The summed E-state index contributed by atoms with van der Waals surface area (Å²) in [5.74, 6) is 0. The fraction of sp³-hybridized carbons (Fsp3) is 0.733. The zero-order chi connectivity index (χ0) is 17.8. The smallest absolute Gasteiger partial charge is 0.290 e. The Morgan fingerprint density at radius 2 is 2.17 bits per heavy atom. The van der Waals surface area contributed by atoms with Crippen molar-refractivity contribution in [1.29, 1.82) is 0 Å². The summed E-state index contributed by atoms with van der Waals surface area (Å²) in [4.78, 5) is 16.0. The predicted octanol–water partition coefficient (Wildman–Crippen LogP) is 0.293. The van der Waals surface area contributed by atoms with Crippen LogP contribution in [0.2, 0.25) is 0 Å². The van der Waals surface area contributed by atoms with Crippen molar-refractivity contribution in [2.75, 3.05) is 25.4 Å². The van der Waals surface area contributed by atoms with Gasteiger partial charge in [-0.3, -0.25) is 9.69 Å². The van der Waals surface area contributed by atoms with Crippen LogP contribution in [0.5, 0.6) is 0 Å². The molecule has 3 heterocycles. The molecule has 5 N–H and O–H groups in total. The summed E-state index contributed by atoms with van der Waals surface area (Å²) in [7, 11) is 0. The van der Waals surface area contributed by atoms with Crippen LogP contribution in [0, 0.1) is 0 Å². The quantitative estimate of drug-likeness (QED) is 0.555. The van der Waals surface area contributed by atoms with Gasteiger partial charge in [-0.25, -0.2) is 4.98 Å². The zero-order valence-corrected chi connectivity index (χ0v) is 14.5. The summed E-state index contributed by atoms with van der Waals surface area (Å²) in [6.45, 7) is 4.38. The molecule has 136 valence electrons. The van der Waals surface area contributed by atoms with Crippen LogP contribution in [-0.2, 0) is 16.1 Å². The Morgan fingerprint density at radius 1 is 1.54 bits per heavy atom. The highest BCUT2D eigenvalue weighted by atomic mass is 32.1. The molecule has 24 heavy (non-hydrogen) atoms. The zero-order valence-electron chi connectivity index (χ0n) is 13.7. The second-order valence-corrected chi connectivity index (χ2v) is 7.74. The molecule has 0 saturated carbocycles. The molecule has 2 atom stereocenters. The third-order valence-electron chi connectivity index (χ3n) is 4.66. The van der Waals surface area contributed by atoms with Crippen LogP contribution in [0.25, 0.3) is 0 Å². The molecule has 1 spiro atoms. The summed E-state index contributed by atoms with van der Waals surface area (Å²) in [6.07, 6.45) is 3.31. The molecule has 0 unspecified atom stereocenters. The van der Waals surface area contributed by atoms with Crippen LogP contribution in [0.3, 0.4) is 0 Å². The highest BCUT2D eigenvalue weighted by Crippen LogP contribution is 2.39. The number of rotatable bonds is 2. The average Bonchev–Trinajstić information content (AvgIpc) is 2.92. The number of ether oxygens (including phenoxy) is 1. The topological polar surface area (TPSA) is 129 Å². The first-order valence-corrected chi connectivity index (χ1v) is 8.67. The SMILES string of the molecule is C[C@]1(O)CC2(CCN(Cc3cnc(N)s3)CC2)OC[C@@H]1O.O=CO. The van der Waals surface area contributed by atoms with Gasteiger partial charge in [-0.15, -0.1) is 11.3 Å². The van der Waals surface area contributed by atoms with Crippen LogP contribution >= 0.6 is 11.3 Å². The molecule has 8 nitrogen and oxygen atoms in total. The minimum absolute atomic E-state index is 0.221. The minimum Gasteiger partial charge on any atom is -0.483 e. The van der Waals surface area contributed by atoms with Gasteiger partial charge in [0.05, 0.1) is 17.8 Å². The Balaban J connectivity index is 0.000000647. The largest absolute Gasteiger partial charge is 0.483 e. The summed E-state index contributed by atoms with van der Waals surface area (Å²) < 4.78 is 5.89. The molecule has 3 rings (SSSR count). The fourth-order valence-electron chi connectivity index (χ4n) is 3.31. The maximum absolute atomic E-state index is 10.3. The van der Waals surface area contributed by atoms with Gasteiger partial charge in [0.2, 0.25) is 0 Å². The number of anilines is 1. The monoisotopic (exact) mass is 359 g/mol. The van der Waals surface area contributed by atoms with Crippen molar-refractivity contribution >= 4 is 22.9 Å². The van der Waals surface area contributed by atoms with E-state index < -0.39 is 11.7 Å². The number of hydrogen-bond donors (Lipinski definition) is 4. The third kappa shape index (κ3) is 4.64. The molecule has 0 bridgehead atoms. The molecular formula is C15H25N3O5S. The van der Waals surface area contributed by atoms with E-state index in [2.05, 4.69) is 9.88 Å². The molecule has 2 aliphatic rings. The molecule has 2 saturated heterocycles. The average molecular weight is 359 g/mol. The number of aliphatic hydroxyl groups excluding tert-OH is 1. The first-order valence-electron chi connectivity index (χ1n) is 7.85. The lowest BCUT2D eigenvalue weighted by Gasteiger charge is -2.49. The van der Waals surface area contributed by atoms with Crippen LogP contribution in [0.1, 0.15) is 31.1 Å². The van der Waals surface area contributed by atoms with Gasteiger partial charge in [-0.2, -0.15) is 0 Å². The van der Waals surface area contributed by atoms with Gasteiger partial charge >= 0.3 is 0 Å². The molecule has 0 radical (unpaired) electrons. The second kappa shape index (κ2) is 7.75. The number of aliphatic hydroxyl groups is 2. The van der Waals surface area contributed by atoms with Crippen LogP contribution < -0.4 is 5.73 Å². The van der Waals surface area contributed by atoms with Crippen molar-refractivity contribution in [2.24, 2.45) is 0 Å². The van der Waals surface area contributed by atoms with Crippen molar-refractivity contribution in [3.8, 4) is 0 Å². The van der Waals surface area contributed by atoms with Gasteiger partial charge < -0.3 is 25.8 Å². The first kappa shape index (κ1) is 19.1. The maximum atomic E-state index is 10.3. The fourth-order valence-corrected chi connectivity index (χ4v) is 4.04. The summed E-state index contributed by atoms with van der Waals surface area (Å²) in [5, 5.41) is 27.6. The molecule has 2 aliphatic heterocycles. The molecule has 0 aromatic carbocycles. The number of aromatic nitrogens is 1. The summed E-state index contributed by atoms with van der Waals surface area (Å²) in [5.41, 5.74) is 4.32. The van der Waals surface area contributed by atoms with Gasteiger partial charge in [0.15, 0.2) is 5.13 Å².